The number of oxime groups is 1. The summed E-state index contributed by atoms with van der Waals surface area (Å²) in [5, 5.41) is 11.4. The molecule has 0 spiro atoms. The zero-order valence-electron chi connectivity index (χ0n) is 12.2. The molecule has 0 aliphatic rings. The van der Waals surface area contributed by atoms with Gasteiger partial charge in [-0.15, -0.1) is 0 Å². The van der Waals surface area contributed by atoms with E-state index >= 15 is 0 Å². The fraction of sp³-hybridized carbons (Fsp3) is 0.462. The zero-order valence-corrected chi connectivity index (χ0v) is 13.0. The van der Waals surface area contributed by atoms with Gasteiger partial charge in [0, 0.05) is 26.6 Å². The van der Waals surface area contributed by atoms with Crippen LogP contribution in [0.4, 0.5) is 0 Å². The number of nitrogens with zero attached hydrogens (tertiary/aromatic N) is 2. The molecule has 8 heteroatoms. The second kappa shape index (κ2) is 7.96. The van der Waals surface area contributed by atoms with Crippen molar-refractivity contribution < 1.29 is 18.4 Å². The molecule has 0 aliphatic heterocycles. The Kier molecular flexibility index (Phi) is 6.60. The standard InChI is InChI=1S/C13H21N3O4S/c1-11-4-3-5-12(10-11)21(18,19)16(8-9-20-2)7-6-13(14)15-17/h3-5,10,17H,6-9H2,1-2H3,(H2,14,15). The van der Waals surface area contributed by atoms with Crippen LogP contribution >= 0.6 is 0 Å². The van der Waals surface area contributed by atoms with Gasteiger partial charge in [0.15, 0.2) is 0 Å². The highest BCUT2D eigenvalue weighted by Gasteiger charge is 2.24. The summed E-state index contributed by atoms with van der Waals surface area (Å²) in [6.45, 7) is 2.41. The summed E-state index contributed by atoms with van der Waals surface area (Å²) in [6, 6.07) is 6.68. The van der Waals surface area contributed by atoms with Crippen molar-refractivity contribution in [3.63, 3.8) is 0 Å². The maximum atomic E-state index is 12.6. The van der Waals surface area contributed by atoms with Crippen LogP contribution in [-0.4, -0.2) is 50.6 Å². The maximum absolute atomic E-state index is 12.6. The third-order valence-corrected chi connectivity index (χ3v) is 4.81. The van der Waals surface area contributed by atoms with Crippen molar-refractivity contribution in [1.29, 1.82) is 0 Å². The summed E-state index contributed by atoms with van der Waals surface area (Å²) in [4.78, 5) is 0.220. The van der Waals surface area contributed by atoms with Crippen LogP contribution in [-0.2, 0) is 14.8 Å². The van der Waals surface area contributed by atoms with Crippen LogP contribution in [0.25, 0.3) is 0 Å². The van der Waals surface area contributed by atoms with Crippen molar-refractivity contribution in [2.24, 2.45) is 10.9 Å². The molecule has 1 aromatic carbocycles. The molecule has 0 radical (unpaired) electrons. The van der Waals surface area contributed by atoms with Crippen molar-refractivity contribution >= 4 is 15.9 Å². The molecule has 0 fully saturated rings. The van der Waals surface area contributed by atoms with Crippen LogP contribution in [0.2, 0.25) is 0 Å². The van der Waals surface area contributed by atoms with Crippen molar-refractivity contribution in [2.75, 3.05) is 26.8 Å². The fourth-order valence-electron chi connectivity index (χ4n) is 1.76. The van der Waals surface area contributed by atoms with Gasteiger partial charge in [0.05, 0.1) is 11.5 Å². The Morgan fingerprint density at radius 3 is 2.71 bits per heavy atom. The normalized spacial score (nSPS) is 12.8. The van der Waals surface area contributed by atoms with E-state index in [2.05, 4.69) is 5.16 Å². The largest absolute Gasteiger partial charge is 0.409 e. The van der Waals surface area contributed by atoms with Crippen LogP contribution in [0.15, 0.2) is 34.3 Å². The predicted molar refractivity (Wildman–Crippen MR) is 79.8 cm³/mol. The predicted octanol–water partition coefficient (Wildman–Crippen LogP) is 0.769. The van der Waals surface area contributed by atoms with Crippen LogP contribution < -0.4 is 5.73 Å². The lowest BCUT2D eigenvalue weighted by atomic mass is 10.2. The van der Waals surface area contributed by atoms with E-state index in [1.807, 2.05) is 13.0 Å². The second-order valence-corrected chi connectivity index (χ2v) is 6.49. The lowest BCUT2D eigenvalue weighted by Gasteiger charge is -2.21. The average Bonchev–Trinajstić information content (AvgIpc) is 2.46. The molecule has 0 saturated carbocycles. The Morgan fingerprint density at radius 1 is 1.43 bits per heavy atom. The van der Waals surface area contributed by atoms with Crippen molar-refractivity contribution in [3.05, 3.63) is 29.8 Å². The molecule has 0 atom stereocenters. The molecule has 0 aliphatic carbocycles. The quantitative estimate of drug-likeness (QED) is 0.319. The van der Waals surface area contributed by atoms with E-state index in [-0.39, 0.29) is 36.8 Å². The van der Waals surface area contributed by atoms with Crippen LogP contribution in [0.5, 0.6) is 0 Å². The lowest BCUT2D eigenvalue weighted by Crippen LogP contribution is -2.36. The van der Waals surface area contributed by atoms with E-state index in [9.17, 15) is 8.42 Å². The highest BCUT2D eigenvalue weighted by Crippen LogP contribution is 2.17. The number of hydrogen-bond donors (Lipinski definition) is 2. The molecule has 1 rings (SSSR count). The number of hydrogen-bond acceptors (Lipinski definition) is 5. The molecule has 7 nitrogen and oxygen atoms in total. The van der Waals surface area contributed by atoms with Gasteiger partial charge in [-0.3, -0.25) is 0 Å². The maximum Gasteiger partial charge on any atom is 0.243 e. The first-order valence-electron chi connectivity index (χ1n) is 6.44. The highest BCUT2D eigenvalue weighted by molar-refractivity contribution is 7.89. The molecular formula is C13H21N3O4S. The molecule has 118 valence electrons. The number of amidine groups is 1. The number of aryl methyl sites for hydroxylation is 1. The highest BCUT2D eigenvalue weighted by atomic mass is 32.2. The summed E-state index contributed by atoms with van der Waals surface area (Å²) in [5.41, 5.74) is 6.26. The molecule has 0 aromatic heterocycles. The van der Waals surface area contributed by atoms with Gasteiger partial charge in [-0.25, -0.2) is 8.42 Å². The summed E-state index contributed by atoms with van der Waals surface area (Å²) in [7, 11) is -2.14. The first-order chi connectivity index (χ1) is 9.91. The summed E-state index contributed by atoms with van der Waals surface area (Å²) < 4.78 is 31.4. The van der Waals surface area contributed by atoms with Gasteiger partial charge in [-0.1, -0.05) is 17.3 Å². The number of methoxy groups -OCH3 is 1. The zero-order chi connectivity index (χ0) is 15.9. The third-order valence-electron chi connectivity index (χ3n) is 2.92. The number of benzene rings is 1. The van der Waals surface area contributed by atoms with Gasteiger partial charge < -0.3 is 15.7 Å². The van der Waals surface area contributed by atoms with E-state index in [1.165, 1.54) is 11.4 Å². The minimum atomic E-state index is -3.64. The first kappa shape index (κ1) is 17.4. The molecule has 0 amide bonds. The van der Waals surface area contributed by atoms with Crippen molar-refractivity contribution in [2.45, 2.75) is 18.2 Å². The Morgan fingerprint density at radius 2 is 2.14 bits per heavy atom. The molecule has 1 aromatic rings. The molecule has 0 unspecified atom stereocenters. The Labute approximate surface area is 125 Å². The molecule has 21 heavy (non-hydrogen) atoms. The van der Waals surface area contributed by atoms with Gasteiger partial charge in [-0.2, -0.15) is 4.31 Å². The Hall–Kier alpha value is -1.64. The number of sulfonamides is 1. The number of ether oxygens (including phenoxy) is 1. The van der Waals surface area contributed by atoms with Crippen LogP contribution in [0, 0.1) is 6.92 Å². The smallest absolute Gasteiger partial charge is 0.243 e. The summed E-state index contributed by atoms with van der Waals surface area (Å²) >= 11 is 0. The van der Waals surface area contributed by atoms with Gasteiger partial charge in [0.2, 0.25) is 10.0 Å². The van der Waals surface area contributed by atoms with Crippen molar-refractivity contribution in [1.82, 2.24) is 4.31 Å². The van der Waals surface area contributed by atoms with Gasteiger partial charge >= 0.3 is 0 Å². The number of nitrogens with two attached hydrogens (primary N) is 1. The van der Waals surface area contributed by atoms with E-state index in [0.717, 1.165) is 5.56 Å². The first-order valence-corrected chi connectivity index (χ1v) is 7.88. The van der Waals surface area contributed by atoms with E-state index in [4.69, 9.17) is 15.7 Å². The topological polar surface area (TPSA) is 105 Å². The van der Waals surface area contributed by atoms with E-state index < -0.39 is 10.0 Å². The molecule has 0 saturated heterocycles. The third kappa shape index (κ3) is 5.00. The van der Waals surface area contributed by atoms with E-state index in [1.54, 1.807) is 18.2 Å². The molecule has 3 N–H and O–H groups in total. The molecule has 0 bridgehead atoms. The Bertz CT molecular complexity index is 587. The lowest BCUT2D eigenvalue weighted by molar-refractivity contribution is 0.179. The summed E-state index contributed by atoms with van der Waals surface area (Å²) in [6.07, 6.45) is 0.144. The Balaban J connectivity index is 2.99. The monoisotopic (exact) mass is 315 g/mol. The molecule has 0 heterocycles. The van der Waals surface area contributed by atoms with Gasteiger partial charge in [0.25, 0.3) is 0 Å². The second-order valence-electron chi connectivity index (χ2n) is 4.55. The number of rotatable bonds is 8. The van der Waals surface area contributed by atoms with Crippen LogP contribution in [0.1, 0.15) is 12.0 Å². The van der Waals surface area contributed by atoms with Gasteiger partial charge in [-0.05, 0) is 24.6 Å². The fourth-order valence-corrected chi connectivity index (χ4v) is 3.29. The van der Waals surface area contributed by atoms with Gasteiger partial charge in [0.1, 0.15) is 5.84 Å². The van der Waals surface area contributed by atoms with Crippen LogP contribution in [0.3, 0.4) is 0 Å². The average molecular weight is 315 g/mol. The summed E-state index contributed by atoms with van der Waals surface area (Å²) in [5.74, 6) is -0.0168. The molecular weight excluding hydrogens is 294 g/mol. The minimum absolute atomic E-state index is 0.0168. The SMILES string of the molecule is COCCN(CCC(N)=NO)S(=O)(=O)c1cccc(C)c1. The van der Waals surface area contributed by atoms with E-state index in [0.29, 0.717) is 0 Å². The minimum Gasteiger partial charge on any atom is -0.409 e. The van der Waals surface area contributed by atoms with Crippen molar-refractivity contribution in [3.8, 4) is 0 Å².